The smallest absolute Gasteiger partial charge is 0.182 e. The number of carbonyl (C=O) groups excluding carboxylic acids is 2. The molecule has 2 aromatic rings. The summed E-state index contributed by atoms with van der Waals surface area (Å²) in [6, 6.07) is 14.3. The molecule has 7 nitrogen and oxygen atoms in total. The van der Waals surface area contributed by atoms with Crippen LogP contribution in [0.5, 0.6) is 0 Å². The van der Waals surface area contributed by atoms with Gasteiger partial charge in [0, 0.05) is 37.3 Å². The molecule has 36 heavy (non-hydrogen) atoms. The molecule has 2 aliphatic rings. The van der Waals surface area contributed by atoms with Gasteiger partial charge in [-0.2, -0.15) is 0 Å². The number of benzene rings is 2. The number of morpholine rings is 2. The third kappa shape index (κ3) is 5.45. The van der Waals surface area contributed by atoms with Crippen LogP contribution in [0.15, 0.2) is 48.5 Å². The lowest BCUT2D eigenvalue weighted by Gasteiger charge is -2.39. The first kappa shape index (κ1) is 26.6. The van der Waals surface area contributed by atoms with Crippen LogP contribution >= 0.6 is 0 Å². The van der Waals surface area contributed by atoms with Gasteiger partial charge in [0.2, 0.25) is 0 Å². The zero-order chi connectivity index (χ0) is 25.9. The highest BCUT2D eigenvalue weighted by atomic mass is 16.5. The van der Waals surface area contributed by atoms with Crippen LogP contribution in [0.3, 0.4) is 0 Å². The van der Waals surface area contributed by atoms with Gasteiger partial charge in [0.05, 0.1) is 37.5 Å². The maximum absolute atomic E-state index is 13.2. The standard InChI is InChI=1S/C29H38N2O5/c1-28(2,30-13-17-35-18-14-30)26(33)23-9-5-21(6-10-23)25(32)22-7-11-24(12-8-22)27(34)29(3,4)31-15-19-36-20-16-31/h5-12,25,32H,13-20H2,1-4H3. The summed E-state index contributed by atoms with van der Waals surface area (Å²) in [7, 11) is 0. The van der Waals surface area contributed by atoms with Gasteiger partial charge in [-0.15, -0.1) is 0 Å². The van der Waals surface area contributed by atoms with Crippen LogP contribution in [0.4, 0.5) is 0 Å². The maximum atomic E-state index is 13.2. The number of carbonyl (C=O) groups is 2. The highest BCUT2D eigenvalue weighted by Crippen LogP contribution is 2.27. The molecule has 2 fully saturated rings. The Bertz CT molecular complexity index is 965. The van der Waals surface area contributed by atoms with Gasteiger partial charge in [0.15, 0.2) is 11.6 Å². The molecule has 1 N–H and O–H groups in total. The second-order valence-corrected chi connectivity index (χ2v) is 10.6. The van der Waals surface area contributed by atoms with Gasteiger partial charge in [-0.1, -0.05) is 48.5 Å². The number of rotatable bonds is 8. The van der Waals surface area contributed by atoms with Crippen LogP contribution in [-0.2, 0) is 9.47 Å². The van der Waals surface area contributed by atoms with Crippen LogP contribution in [0.1, 0.15) is 65.6 Å². The Morgan fingerprint density at radius 1 is 0.667 bits per heavy atom. The van der Waals surface area contributed by atoms with Gasteiger partial charge in [0.1, 0.15) is 6.10 Å². The van der Waals surface area contributed by atoms with Gasteiger partial charge in [-0.3, -0.25) is 19.4 Å². The number of hydrogen-bond acceptors (Lipinski definition) is 7. The van der Waals surface area contributed by atoms with Crippen molar-refractivity contribution in [3.8, 4) is 0 Å². The van der Waals surface area contributed by atoms with Crippen molar-refractivity contribution in [1.29, 1.82) is 0 Å². The molecule has 7 heteroatoms. The fourth-order valence-electron chi connectivity index (χ4n) is 5.06. The molecule has 0 spiro atoms. The summed E-state index contributed by atoms with van der Waals surface area (Å²) in [4.78, 5) is 30.8. The Kier molecular flexibility index (Phi) is 8.07. The first-order chi connectivity index (χ1) is 17.1. The summed E-state index contributed by atoms with van der Waals surface area (Å²) in [5.41, 5.74) is 1.39. The molecule has 2 aromatic carbocycles. The van der Waals surface area contributed by atoms with Crippen LogP contribution in [0.25, 0.3) is 0 Å². The summed E-state index contributed by atoms with van der Waals surface area (Å²) in [6.45, 7) is 13.3. The average molecular weight is 495 g/mol. The van der Waals surface area contributed by atoms with Crippen LogP contribution in [0, 0.1) is 0 Å². The molecule has 0 aliphatic carbocycles. The van der Waals surface area contributed by atoms with Crippen molar-refractivity contribution in [2.75, 3.05) is 52.6 Å². The molecule has 194 valence electrons. The lowest BCUT2D eigenvalue weighted by atomic mass is 9.89. The highest BCUT2D eigenvalue weighted by molar-refractivity contribution is 6.03. The average Bonchev–Trinajstić information content (AvgIpc) is 2.93. The van der Waals surface area contributed by atoms with E-state index in [9.17, 15) is 14.7 Å². The number of aliphatic hydroxyl groups is 1. The second-order valence-electron chi connectivity index (χ2n) is 10.6. The fraction of sp³-hybridized carbons (Fsp3) is 0.517. The summed E-state index contributed by atoms with van der Waals surface area (Å²) in [5.74, 6) is 0.104. The number of ketones is 2. The molecule has 2 saturated heterocycles. The zero-order valence-electron chi connectivity index (χ0n) is 21.8. The van der Waals surface area contributed by atoms with Gasteiger partial charge in [0.25, 0.3) is 0 Å². The first-order valence-electron chi connectivity index (χ1n) is 12.8. The fourth-order valence-corrected chi connectivity index (χ4v) is 5.06. The van der Waals surface area contributed by atoms with E-state index in [1.54, 1.807) is 48.5 Å². The number of hydrogen-bond donors (Lipinski definition) is 1. The van der Waals surface area contributed by atoms with Crippen LogP contribution in [-0.4, -0.2) is 90.2 Å². The van der Waals surface area contributed by atoms with E-state index >= 15 is 0 Å². The van der Waals surface area contributed by atoms with Crippen molar-refractivity contribution in [3.63, 3.8) is 0 Å². The molecule has 0 atom stereocenters. The topological polar surface area (TPSA) is 79.3 Å². The summed E-state index contributed by atoms with van der Waals surface area (Å²) >= 11 is 0. The number of Topliss-reactive ketones (excluding diaryl/α,β-unsaturated/α-hetero) is 2. The van der Waals surface area contributed by atoms with E-state index in [1.807, 2.05) is 27.7 Å². The quantitative estimate of drug-likeness (QED) is 0.564. The van der Waals surface area contributed by atoms with Crippen molar-refractivity contribution in [1.82, 2.24) is 9.80 Å². The van der Waals surface area contributed by atoms with E-state index in [2.05, 4.69) is 9.80 Å². The van der Waals surface area contributed by atoms with E-state index in [4.69, 9.17) is 9.47 Å². The summed E-state index contributed by atoms with van der Waals surface area (Å²) in [5, 5.41) is 11.0. The molecule has 2 heterocycles. The Morgan fingerprint density at radius 2 is 0.972 bits per heavy atom. The zero-order valence-corrected chi connectivity index (χ0v) is 21.8. The normalized spacial score (nSPS) is 18.4. The monoisotopic (exact) mass is 494 g/mol. The molecule has 0 amide bonds. The number of aliphatic hydroxyl groups excluding tert-OH is 1. The largest absolute Gasteiger partial charge is 0.384 e. The molecule has 0 saturated carbocycles. The molecule has 4 rings (SSSR count). The van der Waals surface area contributed by atoms with E-state index in [1.165, 1.54) is 0 Å². The van der Waals surface area contributed by atoms with Crippen molar-refractivity contribution in [2.24, 2.45) is 0 Å². The Morgan fingerprint density at radius 3 is 1.28 bits per heavy atom. The Labute approximate surface area is 214 Å². The lowest BCUT2D eigenvalue weighted by molar-refractivity contribution is -0.00442. The van der Waals surface area contributed by atoms with Gasteiger partial charge in [-0.25, -0.2) is 0 Å². The number of nitrogens with zero attached hydrogens (tertiary/aromatic N) is 2. The molecule has 0 unspecified atom stereocenters. The molecular weight excluding hydrogens is 456 g/mol. The minimum absolute atomic E-state index is 0.0520. The van der Waals surface area contributed by atoms with Crippen molar-refractivity contribution < 1.29 is 24.2 Å². The molecule has 0 bridgehead atoms. The molecule has 0 radical (unpaired) electrons. The predicted molar refractivity (Wildman–Crippen MR) is 139 cm³/mol. The predicted octanol–water partition coefficient (Wildman–Crippen LogP) is 3.36. The van der Waals surface area contributed by atoms with Gasteiger partial charge >= 0.3 is 0 Å². The van der Waals surface area contributed by atoms with Crippen molar-refractivity contribution >= 4 is 11.6 Å². The Balaban J connectivity index is 1.44. The molecule has 0 aromatic heterocycles. The molecule has 2 aliphatic heterocycles. The number of ether oxygens (including phenoxy) is 2. The van der Waals surface area contributed by atoms with Crippen LogP contribution in [0.2, 0.25) is 0 Å². The van der Waals surface area contributed by atoms with Crippen LogP contribution < -0.4 is 0 Å². The minimum atomic E-state index is -0.849. The van der Waals surface area contributed by atoms with E-state index in [-0.39, 0.29) is 11.6 Å². The highest BCUT2D eigenvalue weighted by Gasteiger charge is 2.37. The van der Waals surface area contributed by atoms with Crippen molar-refractivity contribution in [2.45, 2.75) is 44.9 Å². The third-order valence-electron chi connectivity index (χ3n) is 7.69. The third-order valence-corrected chi connectivity index (χ3v) is 7.69. The van der Waals surface area contributed by atoms with Gasteiger partial charge < -0.3 is 14.6 Å². The Hall–Kier alpha value is -2.42. The minimum Gasteiger partial charge on any atom is -0.384 e. The van der Waals surface area contributed by atoms with E-state index in [0.717, 1.165) is 26.2 Å². The van der Waals surface area contributed by atoms with E-state index in [0.29, 0.717) is 48.7 Å². The molecular formula is C29H38N2O5. The lowest BCUT2D eigenvalue weighted by Crippen LogP contribution is -2.54. The van der Waals surface area contributed by atoms with E-state index < -0.39 is 17.2 Å². The first-order valence-corrected chi connectivity index (χ1v) is 12.8. The SMILES string of the molecule is CC(C)(C(=O)c1ccc(C(O)c2ccc(C(=O)C(C)(C)N3CCOCC3)cc2)cc1)N1CCOCC1. The van der Waals surface area contributed by atoms with Crippen molar-refractivity contribution in [3.05, 3.63) is 70.8 Å². The summed E-state index contributed by atoms with van der Waals surface area (Å²) < 4.78 is 10.8. The summed E-state index contributed by atoms with van der Waals surface area (Å²) in [6.07, 6.45) is -0.849. The maximum Gasteiger partial charge on any atom is 0.182 e. The second kappa shape index (κ2) is 10.9. The van der Waals surface area contributed by atoms with Gasteiger partial charge in [-0.05, 0) is 38.8 Å².